The number of aryl methyl sites for hydroxylation is 1. The van der Waals surface area contributed by atoms with Crippen LogP contribution in [-0.2, 0) is 40.8 Å². The van der Waals surface area contributed by atoms with Crippen LogP contribution in [0.1, 0.15) is 48.2 Å². The van der Waals surface area contributed by atoms with Gasteiger partial charge in [0.15, 0.2) is 0 Å². The van der Waals surface area contributed by atoms with E-state index >= 15 is 0 Å². The molecule has 1 fully saturated rings. The number of aromatic nitrogens is 2. The van der Waals surface area contributed by atoms with E-state index in [1.165, 1.54) is 16.1 Å². The van der Waals surface area contributed by atoms with Crippen LogP contribution in [0.3, 0.4) is 0 Å². The summed E-state index contributed by atoms with van der Waals surface area (Å²) in [6, 6.07) is 14.0. The number of fused-ring (bicyclic) bond motifs is 1. The second kappa shape index (κ2) is 14.4. The van der Waals surface area contributed by atoms with Crippen molar-refractivity contribution in [3.05, 3.63) is 75.4 Å². The van der Waals surface area contributed by atoms with Gasteiger partial charge in [-0.05, 0) is 48.7 Å². The molecule has 0 aliphatic carbocycles. The summed E-state index contributed by atoms with van der Waals surface area (Å²) in [5.41, 5.74) is 6.62. The lowest BCUT2D eigenvalue weighted by molar-refractivity contribution is 0.0368. The molecule has 1 N–H and O–H groups in total. The molecule has 10 heteroatoms. The number of nitrogens with zero attached hydrogens (tertiary/aromatic N) is 4. The molecule has 230 valence electrons. The Hall–Kier alpha value is -2.71. The van der Waals surface area contributed by atoms with E-state index < -0.39 is 10.0 Å². The summed E-state index contributed by atoms with van der Waals surface area (Å²) < 4.78 is 34.0. The molecular formula is C33H42ClN5O3S. The lowest BCUT2D eigenvalue weighted by atomic mass is 10.0. The quantitative estimate of drug-likeness (QED) is 0.338. The second-order valence-corrected chi connectivity index (χ2v) is 14.2. The number of morpholine rings is 1. The first-order chi connectivity index (χ1) is 20.7. The molecule has 8 nitrogen and oxygen atoms in total. The number of sulfonamides is 1. The highest BCUT2D eigenvalue weighted by molar-refractivity contribution is 7.88. The van der Waals surface area contributed by atoms with Crippen molar-refractivity contribution in [2.75, 3.05) is 52.2 Å². The molecule has 0 unspecified atom stereocenters. The third-order valence-electron chi connectivity index (χ3n) is 7.93. The lowest BCUT2D eigenvalue weighted by Gasteiger charge is -2.27. The van der Waals surface area contributed by atoms with Gasteiger partial charge in [-0.15, -0.1) is 0 Å². The van der Waals surface area contributed by atoms with Crippen molar-refractivity contribution in [1.82, 2.24) is 24.3 Å². The molecule has 2 aliphatic heterocycles. The van der Waals surface area contributed by atoms with Crippen molar-refractivity contribution in [3.8, 4) is 23.1 Å². The number of rotatable bonds is 10. The zero-order valence-electron chi connectivity index (χ0n) is 25.4. The molecule has 1 saturated heterocycles. The van der Waals surface area contributed by atoms with E-state index in [1.54, 1.807) is 0 Å². The van der Waals surface area contributed by atoms with Crippen LogP contribution in [0.15, 0.2) is 42.5 Å². The topological polar surface area (TPSA) is 79.7 Å². The Balaban J connectivity index is 1.37. The third kappa shape index (κ3) is 8.48. The molecule has 3 aromatic rings. The zero-order valence-corrected chi connectivity index (χ0v) is 27.0. The van der Waals surface area contributed by atoms with Crippen LogP contribution in [-0.4, -0.2) is 79.6 Å². The number of benzene rings is 2. The number of nitrogens with one attached hydrogen (secondary N) is 1. The smallest absolute Gasteiger partial charge is 0.211 e. The Morgan fingerprint density at radius 3 is 2.53 bits per heavy atom. The zero-order chi connectivity index (χ0) is 30.4. The van der Waals surface area contributed by atoms with E-state index in [9.17, 15) is 8.42 Å². The van der Waals surface area contributed by atoms with E-state index in [0.29, 0.717) is 36.0 Å². The summed E-state index contributed by atoms with van der Waals surface area (Å²) >= 11 is 6.59. The van der Waals surface area contributed by atoms with Crippen molar-refractivity contribution in [3.63, 3.8) is 0 Å². The molecule has 43 heavy (non-hydrogen) atoms. The molecule has 1 aromatic heterocycles. The highest BCUT2D eigenvalue weighted by Gasteiger charge is 2.30. The Kier molecular flexibility index (Phi) is 10.6. The van der Waals surface area contributed by atoms with Crippen LogP contribution in [0.25, 0.3) is 11.3 Å². The number of hydrogen-bond donors (Lipinski definition) is 1. The molecule has 5 rings (SSSR count). The van der Waals surface area contributed by atoms with E-state index in [0.717, 1.165) is 87.0 Å². The molecule has 0 spiro atoms. The summed E-state index contributed by atoms with van der Waals surface area (Å²) in [5.74, 6) is 7.12. The first-order valence-corrected chi connectivity index (χ1v) is 17.4. The highest BCUT2D eigenvalue weighted by atomic mass is 35.5. The van der Waals surface area contributed by atoms with Crippen LogP contribution >= 0.6 is 11.6 Å². The molecule has 0 bridgehead atoms. The fourth-order valence-corrected chi connectivity index (χ4v) is 6.51. The lowest BCUT2D eigenvalue weighted by Crippen LogP contribution is -2.37. The van der Waals surface area contributed by atoms with E-state index in [4.69, 9.17) is 21.4 Å². The summed E-state index contributed by atoms with van der Waals surface area (Å²) in [6.45, 7) is 12.2. The SMILES string of the molecule is CC(C)CNCc1ccc(C#Cc2cc(-c3nn(CCCN4CCOCC4)c4c3CN(S(C)(=O)=O)CC4)ccc2Cl)cc1. The van der Waals surface area contributed by atoms with E-state index in [-0.39, 0.29) is 0 Å². The Labute approximate surface area is 261 Å². The summed E-state index contributed by atoms with van der Waals surface area (Å²) in [5, 5.41) is 9.09. The van der Waals surface area contributed by atoms with Gasteiger partial charge in [0.05, 0.1) is 30.2 Å². The first-order valence-electron chi connectivity index (χ1n) is 15.1. The second-order valence-electron chi connectivity index (χ2n) is 11.8. The molecule has 0 atom stereocenters. The van der Waals surface area contributed by atoms with Crippen LogP contribution in [0, 0.1) is 17.8 Å². The van der Waals surface area contributed by atoms with Gasteiger partial charge in [-0.2, -0.15) is 9.40 Å². The summed E-state index contributed by atoms with van der Waals surface area (Å²) in [7, 11) is -3.33. The minimum Gasteiger partial charge on any atom is -0.379 e. The van der Waals surface area contributed by atoms with E-state index in [1.807, 2.05) is 30.3 Å². The minimum atomic E-state index is -3.33. The predicted molar refractivity (Wildman–Crippen MR) is 172 cm³/mol. The van der Waals surface area contributed by atoms with Gasteiger partial charge in [0.25, 0.3) is 0 Å². The Bertz CT molecular complexity index is 1570. The molecule has 0 amide bonds. The Morgan fingerprint density at radius 2 is 1.81 bits per heavy atom. The van der Waals surface area contributed by atoms with Crippen LogP contribution in [0.2, 0.25) is 5.02 Å². The minimum absolute atomic E-state index is 0.314. The fourth-order valence-electron chi connectivity index (χ4n) is 5.55. The van der Waals surface area contributed by atoms with Gasteiger partial charge in [0, 0.05) is 80.2 Å². The number of hydrogen-bond acceptors (Lipinski definition) is 6. The molecule has 0 saturated carbocycles. The monoisotopic (exact) mass is 623 g/mol. The highest BCUT2D eigenvalue weighted by Crippen LogP contribution is 2.33. The van der Waals surface area contributed by atoms with Gasteiger partial charge < -0.3 is 10.1 Å². The van der Waals surface area contributed by atoms with Gasteiger partial charge in [0.2, 0.25) is 10.0 Å². The summed E-state index contributed by atoms with van der Waals surface area (Å²) in [4.78, 5) is 2.42. The van der Waals surface area contributed by atoms with Crippen LogP contribution < -0.4 is 5.32 Å². The number of halogens is 1. The third-order valence-corrected chi connectivity index (χ3v) is 9.51. The number of ether oxygens (including phenoxy) is 1. The predicted octanol–water partition coefficient (Wildman–Crippen LogP) is 4.39. The molecule has 0 radical (unpaired) electrons. The largest absolute Gasteiger partial charge is 0.379 e. The van der Waals surface area contributed by atoms with E-state index in [2.05, 4.69) is 52.7 Å². The van der Waals surface area contributed by atoms with Crippen LogP contribution in [0.5, 0.6) is 0 Å². The fraction of sp³-hybridized carbons (Fsp3) is 0.485. The van der Waals surface area contributed by atoms with Gasteiger partial charge in [-0.25, -0.2) is 8.42 Å². The van der Waals surface area contributed by atoms with Gasteiger partial charge in [-0.1, -0.05) is 55.5 Å². The maximum atomic E-state index is 12.5. The normalized spacial score (nSPS) is 16.2. The standard InChI is InChI=1S/C33H42ClN5O3S/c1-25(2)22-35-23-27-7-5-26(6-8-27)9-10-28-21-29(11-12-31(28)34)33-30-24-38(43(3,40)41)16-13-32(30)39(36-33)15-4-14-37-17-19-42-20-18-37/h5-8,11-12,21,25,35H,4,13-20,22-24H2,1-3H3. The molecule has 3 heterocycles. The van der Waals surface area contributed by atoms with Crippen molar-refractivity contribution < 1.29 is 13.2 Å². The van der Waals surface area contributed by atoms with Crippen molar-refractivity contribution in [2.45, 2.75) is 46.3 Å². The molecule has 2 aromatic carbocycles. The average Bonchev–Trinajstić information content (AvgIpc) is 3.35. The average molecular weight is 624 g/mol. The summed E-state index contributed by atoms with van der Waals surface area (Å²) in [6.07, 6.45) is 2.87. The Morgan fingerprint density at radius 1 is 1.05 bits per heavy atom. The van der Waals surface area contributed by atoms with Crippen molar-refractivity contribution >= 4 is 21.6 Å². The van der Waals surface area contributed by atoms with Gasteiger partial charge >= 0.3 is 0 Å². The van der Waals surface area contributed by atoms with Crippen molar-refractivity contribution in [2.24, 2.45) is 5.92 Å². The molecule has 2 aliphatic rings. The van der Waals surface area contributed by atoms with Crippen LogP contribution in [0.4, 0.5) is 0 Å². The maximum absolute atomic E-state index is 12.5. The maximum Gasteiger partial charge on any atom is 0.211 e. The van der Waals surface area contributed by atoms with Gasteiger partial charge in [0.1, 0.15) is 0 Å². The van der Waals surface area contributed by atoms with Crippen molar-refractivity contribution in [1.29, 1.82) is 0 Å². The first kappa shape index (κ1) is 31.7. The molecular weight excluding hydrogens is 582 g/mol. The van der Waals surface area contributed by atoms with Gasteiger partial charge in [-0.3, -0.25) is 9.58 Å².